The predicted octanol–water partition coefficient (Wildman–Crippen LogP) is 2.75. The molecule has 4 aromatic rings. The quantitative estimate of drug-likeness (QED) is 0.545. The average Bonchev–Trinajstić information content (AvgIpc) is 3.17. The fraction of sp³-hybridized carbons (Fsp3) is 0. The zero-order valence-electron chi connectivity index (χ0n) is 11.6. The molecule has 4 rings (SSSR count). The Morgan fingerprint density at radius 1 is 0.773 bits per heavy atom. The molecule has 0 atom stereocenters. The van der Waals surface area contributed by atoms with Crippen LogP contribution in [0.1, 0.15) is 16.1 Å². The van der Waals surface area contributed by atoms with Crippen molar-refractivity contribution in [3.8, 4) is 5.69 Å². The van der Waals surface area contributed by atoms with E-state index in [2.05, 4.69) is 10.4 Å². The fourth-order valence-corrected chi connectivity index (χ4v) is 2.46. The number of hydrogen-bond donors (Lipinski definition) is 0. The maximum atomic E-state index is 12.6. The van der Waals surface area contributed by atoms with Crippen molar-refractivity contribution in [2.75, 3.05) is 0 Å². The number of carbonyl (C=O) groups excluding carboxylic acids is 1. The van der Waals surface area contributed by atoms with Gasteiger partial charge in [0.1, 0.15) is 5.69 Å². The fourth-order valence-electron chi connectivity index (χ4n) is 2.46. The Labute approximate surface area is 126 Å². The van der Waals surface area contributed by atoms with Gasteiger partial charge in [0.2, 0.25) is 5.78 Å². The molecule has 22 heavy (non-hydrogen) atoms. The van der Waals surface area contributed by atoms with E-state index in [-0.39, 0.29) is 5.78 Å². The summed E-state index contributed by atoms with van der Waals surface area (Å²) < 4.78 is 3.28. The molecule has 5 heteroatoms. The lowest BCUT2D eigenvalue weighted by Crippen LogP contribution is -2.05. The highest BCUT2D eigenvalue weighted by molar-refractivity contribution is 6.08. The summed E-state index contributed by atoms with van der Waals surface area (Å²) in [7, 11) is 0. The SMILES string of the molecule is O=C(c1ccccc1)c1ccc2n(-c3ccccc3)nnn12. The summed E-state index contributed by atoms with van der Waals surface area (Å²) in [6.07, 6.45) is 0. The van der Waals surface area contributed by atoms with Gasteiger partial charge in [-0.3, -0.25) is 4.79 Å². The minimum absolute atomic E-state index is 0.0688. The standard InChI is InChI=1S/C17H12N4O/c22-17(13-7-3-1-4-8-13)15-11-12-16-20(18-19-21(15)16)14-9-5-2-6-10-14/h1-12H. The van der Waals surface area contributed by atoms with Crippen molar-refractivity contribution in [1.82, 2.24) is 19.6 Å². The largest absolute Gasteiger partial charge is 0.287 e. The highest BCUT2D eigenvalue weighted by Crippen LogP contribution is 2.16. The third kappa shape index (κ3) is 1.91. The second kappa shape index (κ2) is 4.96. The molecular weight excluding hydrogens is 276 g/mol. The van der Waals surface area contributed by atoms with Gasteiger partial charge in [-0.15, -0.1) is 0 Å². The van der Waals surface area contributed by atoms with Crippen LogP contribution in [0.4, 0.5) is 0 Å². The van der Waals surface area contributed by atoms with Gasteiger partial charge in [0.05, 0.1) is 5.69 Å². The van der Waals surface area contributed by atoms with Crippen LogP contribution in [0, 0.1) is 0 Å². The van der Waals surface area contributed by atoms with Crippen LogP contribution >= 0.6 is 0 Å². The van der Waals surface area contributed by atoms with Gasteiger partial charge in [-0.05, 0) is 34.7 Å². The van der Waals surface area contributed by atoms with E-state index in [0.717, 1.165) is 11.3 Å². The summed E-state index contributed by atoms with van der Waals surface area (Å²) in [5.41, 5.74) is 2.80. The number of carbonyl (C=O) groups is 1. The summed E-state index contributed by atoms with van der Waals surface area (Å²) in [6, 6.07) is 22.5. The smallest absolute Gasteiger partial charge is 0.211 e. The van der Waals surface area contributed by atoms with E-state index in [9.17, 15) is 4.79 Å². The van der Waals surface area contributed by atoms with Crippen LogP contribution in [-0.4, -0.2) is 25.4 Å². The molecule has 0 saturated carbocycles. The van der Waals surface area contributed by atoms with E-state index in [1.54, 1.807) is 27.4 Å². The second-order valence-corrected chi connectivity index (χ2v) is 4.91. The Morgan fingerprint density at radius 3 is 2.18 bits per heavy atom. The molecule has 5 nitrogen and oxygen atoms in total. The topological polar surface area (TPSA) is 52.2 Å². The molecule has 2 aromatic heterocycles. The van der Waals surface area contributed by atoms with Gasteiger partial charge >= 0.3 is 0 Å². The van der Waals surface area contributed by atoms with Crippen molar-refractivity contribution in [3.63, 3.8) is 0 Å². The molecule has 0 N–H and O–H groups in total. The van der Waals surface area contributed by atoms with Gasteiger partial charge in [0.25, 0.3) is 0 Å². The van der Waals surface area contributed by atoms with Crippen LogP contribution < -0.4 is 0 Å². The molecule has 0 aliphatic carbocycles. The molecule has 0 unspecified atom stereocenters. The molecule has 0 saturated heterocycles. The molecule has 0 spiro atoms. The van der Waals surface area contributed by atoms with Crippen molar-refractivity contribution in [2.24, 2.45) is 0 Å². The number of benzene rings is 2. The highest BCUT2D eigenvalue weighted by atomic mass is 16.1. The number of rotatable bonds is 3. The van der Waals surface area contributed by atoms with Gasteiger partial charge < -0.3 is 0 Å². The Balaban J connectivity index is 1.82. The number of nitrogens with zero attached hydrogens (tertiary/aromatic N) is 4. The van der Waals surface area contributed by atoms with Crippen molar-refractivity contribution >= 4 is 11.4 Å². The Kier molecular flexibility index (Phi) is 2.83. The number of ketones is 1. The first-order valence-corrected chi connectivity index (χ1v) is 6.93. The van der Waals surface area contributed by atoms with Gasteiger partial charge in [-0.2, -0.15) is 9.20 Å². The monoisotopic (exact) mass is 288 g/mol. The molecule has 0 bridgehead atoms. The lowest BCUT2D eigenvalue weighted by Gasteiger charge is -1.99. The molecule has 0 amide bonds. The maximum Gasteiger partial charge on any atom is 0.211 e. The van der Waals surface area contributed by atoms with Crippen LogP contribution in [0.5, 0.6) is 0 Å². The minimum atomic E-state index is -0.0688. The predicted molar refractivity (Wildman–Crippen MR) is 82.2 cm³/mol. The van der Waals surface area contributed by atoms with Crippen LogP contribution in [0.3, 0.4) is 0 Å². The van der Waals surface area contributed by atoms with Gasteiger partial charge in [-0.25, -0.2) is 0 Å². The first-order chi connectivity index (χ1) is 10.8. The van der Waals surface area contributed by atoms with Crippen molar-refractivity contribution in [3.05, 3.63) is 84.1 Å². The normalized spacial score (nSPS) is 10.9. The second-order valence-electron chi connectivity index (χ2n) is 4.91. The molecule has 0 fully saturated rings. The summed E-state index contributed by atoms with van der Waals surface area (Å²) >= 11 is 0. The number of para-hydroxylation sites is 1. The zero-order valence-corrected chi connectivity index (χ0v) is 11.6. The van der Waals surface area contributed by atoms with E-state index >= 15 is 0 Å². The number of tetrazole rings is 1. The number of fused-ring (bicyclic) bond motifs is 1. The molecular formula is C17H12N4O. The number of hydrogen-bond acceptors (Lipinski definition) is 3. The maximum absolute atomic E-state index is 12.6. The van der Waals surface area contributed by atoms with Gasteiger partial charge in [0.15, 0.2) is 5.65 Å². The van der Waals surface area contributed by atoms with E-state index in [0.29, 0.717) is 11.3 Å². The lowest BCUT2D eigenvalue weighted by molar-refractivity contribution is 0.103. The Bertz CT molecular complexity index is 939. The highest BCUT2D eigenvalue weighted by Gasteiger charge is 2.17. The minimum Gasteiger partial charge on any atom is -0.287 e. The summed E-state index contributed by atoms with van der Waals surface area (Å²) in [5, 5.41) is 8.25. The third-order valence-electron chi connectivity index (χ3n) is 3.54. The van der Waals surface area contributed by atoms with Crippen LogP contribution in [0.25, 0.3) is 11.3 Å². The molecule has 2 aromatic carbocycles. The lowest BCUT2D eigenvalue weighted by atomic mass is 10.1. The van der Waals surface area contributed by atoms with Crippen molar-refractivity contribution in [2.45, 2.75) is 0 Å². The van der Waals surface area contributed by atoms with E-state index < -0.39 is 0 Å². The van der Waals surface area contributed by atoms with Crippen LogP contribution in [0.2, 0.25) is 0 Å². The van der Waals surface area contributed by atoms with E-state index in [1.807, 2.05) is 54.6 Å². The third-order valence-corrected chi connectivity index (χ3v) is 3.54. The number of aromatic nitrogens is 4. The van der Waals surface area contributed by atoms with Crippen LogP contribution in [-0.2, 0) is 0 Å². The van der Waals surface area contributed by atoms with Gasteiger partial charge in [-0.1, -0.05) is 48.5 Å². The van der Waals surface area contributed by atoms with Crippen molar-refractivity contribution in [1.29, 1.82) is 0 Å². The average molecular weight is 288 g/mol. The van der Waals surface area contributed by atoms with Gasteiger partial charge in [0, 0.05) is 5.56 Å². The van der Waals surface area contributed by atoms with E-state index in [1.165, 1.54) is 0 Å². The Hall–Kier alpha value is -3.21. The first-order valence-electron chi connectivity index (χ1n) is 6.93. The molecule has 2 heterocycles. The molecule has 0 radical (unpaired) electrons. The molecule has 106 valence electrons. The summed E-state index contributed by atoms with van der Waals surface area (Å²) in [4.78, 5) is 12.6. The summed E-state index contributed by atoms with van der Waals surface area (Å²) in [6.45, 7) is 0. The summed E-state index contributed by atoms with van der Waals surface area (Å²) in [5.74, 6) is -0.0688. The molecule has 0 aliphatic heterocycles. The zero-order chi connectivity index (χ0) is 14.9. The Morgan fingerprint density at radius 2 is 1.45 bits per heavy atom. The van der Waals surface area contributed by atoms with E-state index in [4.69, 9.17) is 0 Å². The van der Waals surface area contributed by atoms with Crippen molar-refractivity contribution < 1.29 is 4.79 Å². The van der Waals surface area contributed by atoms with Crippen LogP contribution in [0.15, 0.2) is 72.8 Å². The molecule has 0 aliphatic rings. The first kappa shape index (κ1) is 12.5.